The number of methoxy groups -OCH3 is 2. The summed E-state index contributed by atoms with van der Waals surface area (Å²) >= 11 is 3.21. The molecule has 0 aliphatic rings. The zero-order chi connectivity index (χ0) is 15.4. The molecule has 0 saturated carbocycles. The Hall–Kier alpha value is -1.88. The van der Waals surface area contributed by atoms with E-state index in [0.29, 0.717) is 16.0 Å². The molecule has 0 aromatic heterocycles. The molecule has 0 atom stereocenters. The zero-order valence-electron chi connectivity index (χ0n) is 11.7. The van der Waals surface area contributed by atoms with Crippen LogP contribution in [-0.2, 0) is 6.42 Å². The van der Waals surface area contributed by atoms with E-state index in [-0.39, 0.29) is 17.8 Å². The van der Waals surface area contributed by atoms with Crippen LogP contribution in [0.4, 0.5) is 4.39 Å². The average molecular weight is 353 g/mol. The molecular formula is C16H14BrFO3. The number of hydrogen-bond donors (Lipinski definition) is 0. The van der Waals surface area contributed by atoms with Gasteiger partial charge in [0.1, 0.15) is 5.82 Å². The maximum absolute atomic E-state index is 13.8. The minimum atomic E-state index is -0.533. The molecule has 0 saturated heterocycles. The van der Waals surface area contributed by atoms with Crippen LogP contribution in [-0.4, -0.2) is 20.0 Å². The fourth-order valence-corrected chi connectivity index (χ4v) is 2.59. The number of ketones is 1. The van der Waals surface area contributed by atoms with Gasteiger partial charge in [0.05, 0.1) is 19.8 Å². The molecular weight excluding hydrogens is 339 g/mol. The molecule has 0 aliphatic carbocycles. The highest BCUT2D eigenvalue weighted by atomic mass is 79.9. The van der Waals surface area contributed by atoms with Crippen molar-refractivity contribution in [1.82, 2.24) is 0 Å². The molecule has 0 radical (unpaired) electrons. The molecule has 110 valence electrons. The highest BCUT2D eigenvalue weighted by Crippen LogP contribution is 2.29. The van der Waals surface area contributed by atoms with E-state index in [0.717, 1.165) is 5.56 Å². The number of rotatable bonds is 5. The van der Waals surface area contributed by atoms with E-state index in [1.54, 1.807) is 37.4 Å². The first-order valence-corrected chi connectivity index (χ1v) is 7.04. The minimum absolute atomic E-state index is 0.0623. The Labute approximate surface area is 130 Å². The first-order chi connectivity index (χ1) is 10.1. The number of carbonyl (C=O) groups is 1. The summed E-state index contributed by atoms with van der Waals surface area (Å²) in [6.07, 6.45) is 0.0832. The van der Waals surface area contributed by atoms with Crippen LogP contribution in [0.3, 0.4) is 0 Å². The van der Waals surface area contributed by atoms with Crippen molar-refractivity contribution in [3.63, 3.8) is 0 Å². The van der Waals surface area contributed by atoms with Crippen molar-refractivity contribution in [2.45, 2.75) is 6.42 Å². The van der Waals surface area contributed by atoms with Crippen LogP contribution in [0.2, 0.25) is 0 Å². The highest BCUT2D eigenvalue weighted by Gasteiger charge is 2.16. The monoisotopic (exact) mass is 352 g/mol. The van der Waals surface area contributed by atoms with Gasteiger partial charge < -0.3 is 9.47 Å². The lowest BCUT2D eigenvalue weighted by molar-refractivity contribution is 0.0988. The van der Waals surface area contributed by atoms with Gasteiger partial charge in [-0.15, -0.1) is 0 Å². The van der Waals surface area contributed by atoms with Gasteiger partial charge >= 0.3 is 0 Å². The van der Waals surface area contributed by atoms with E-state index in [2.05, 4.69) is 15.9 Å². The molecule has 2 aromatic carbocycles. The Bertz CT molecular complexity index is 650. The van der Waals surface area contributed by atoms with Gasteiger partial charge in [0.15, 0.2) is 17.3 Å². The third-order valence-electron chi connectivity index (χ3n) is 3.05. The Balaban J connectivity index is 2.28. The Morgan fingerprint density at radius 3 is 2.48 bits per heavy atom. The van der Waals surface area contributed by atoms with Crippen LogP contribution < -0.4 is 9.47 Å². The van der Waals surface area contributed by atoms with Gasteiger partial charge in [-0.05, 0) is 45.8 Å². The lowest BCUT2D eigenvalue weighted by Gasteiger charge is -2.10. The lowest BCUT2D eigenvalue weighted by atomic mass is 10.0. The smallest absolute Gasteiger partial charge is 0.171 e. The molecule has 0 unspecified atom stereocenters. The third-order valence-corrected chi connectivity index (χ3v) is 3.72. The molecule has 0 heterocycles. The molecule has 0 spiro atoms. The normalized spacial score (nSPS) is 10.3. The highest BCUT2D eigenvalue weighted by molar-refractivity contribution is 9.10. The number of Topliss-reactive ketones (excluding diaryl/α,β-unsaturated/α-hetero) is 1. The van der Waals surface area contributed by atoms with Crippen LogP contribution in [0.25, 0.3) is 0 Å². The fraction of sp³-hybridized carbons (Fsp3) is 0.188. The molecule has 0 fully saturated rings. The summed E-state index contributed by atoms with van der Waals surface area (Å²) < 4.78 is 24.6. The van der Waals surface area contributed by atoms with Crippen molar-refractivity contribution >= 4 is 21.7 Å². The summed E-state index contributed by atoms with van der Waals surface area (Å²) in [5.41, 5.74) is 0.792. The summed E-state index contributed by atoms with van der Waals surface area (Å²) in [5.74, 6) is 0.290. The van der Waals surface area contributed by atoms with E-state index in [9.17, 15) is 9.18 Å². The van der Waals surface area contributed by atoms with Crippen molar-refractivity contribution in [2.75, 3.05) is 14.2 Å². The van der Waals surface area contributed by atoms with Crippen LogP contribution in [0.15, 0.2) is 40.9 Å². The number of ether oxygens (including phenoxy) is 2. The van der Waals surface area contributed by atoms with E-state index in [4.69, 9.17) is 9.47 Å². The summed E-state index contributed by atoms with van der Waals surface area (Å²) in [5, 5.41) is 0. The molecule has 2 aromatic rings. The van der Waals surface area contributed by atoms with Crippen molar-refractivity contribution in [1.29, 1.82) is 0 Å². The molecule has 21 heavy (non-hydrogen) atoms. The lowest BCUT2D eigenvalue weighted by Crippen LogP contribution is -2.07. The zero-order valence-corrected chi connectivity index (χ0v) is 13.2. The quantitative estimate of drug-likeness (QED) is 0.762. The van der Waals surface area contributed by atoms with Crippen LogP contribution in [0.1, 0.15) is 15.9 Å². The molecule has 3 nitrogen and oxygen atoms in total. The Morgan fingerprint density at radius 2 is 1.86 bits per heavy atom. The van der Waals surface area contributed by atoms with Gasteiger partial charge in [-0.2, -0.15) is 0 Å². The first kappa shape index (κ1) is 15.5. The molecule has 0 amide bonds. The largest absolute Gasteiger partial charge is 0.493 e. The van der Waals surface area contributed by atoms with Crippen LogP contribution in [0.5, 0.6) is 11.5 Å². The Morgan fingerprint density at radius 1 is 1.14 bits per heavy atom. The second-order valence-electron chi connectivity index (χ2n) is 4.39. The summed E-state index contributed by atoms with van der Waals surface area (Å²) in [6, 6.07) is 9.65. The topological polar surface area (TPSA) is 35.5 Å². The van der Waals surface area contributed by atoms with Gasteiger partial charge in [0.25, 0.3) is 0 Å². The van der Waals surface area contributed by atoms with Crippen molar-refractivity contribution in [3.05, 3.63) is 57.8 Å². The fourth-order valence-electron chi connectivity index (χ4n) is 2.03. The van der Waals surface area contributed by atoms with Gasteiger partial charge in [-0.25, -0.2) is 4.39 Å². The number of carbonyl (C=O) groups excluding carboxylic acids is 1. The summed E-state index contributed by atoms with van der Waals surface area (Å²) in [4.78, 5) is 12.3. The molecule has 0 aliphatic heterocycles. The van der Waals surface area contributed by atoms with Crippen LogP contribution >= 0.6 is 15.9 Å². The van der Waals surface area contributed by atoms with E-state index < -0.39 is 5.82 Å². The SMILES string of the molecule is COc1ccc(CC(=O)c2c(F)cccc2Br)cc1OC. The van der Waals surface area contributed by atoms with E-state index in [1.165, 1.54) is 13.2 Å². The second-order valence-corrected chi connectivity index (χ2v) is 5.24. The molecule has 0 N–H and O–H groups in total. The maximum atomic E-state index is 13.8. The number of halogens is 2. The van der Waals surface area contributed by atoms with Gasteiger partial charge in [0, 0.05) is 10.9 Å². The molecule has 2 rings (SSSR count). The maximum Gasteiger partial charge on any atom is 0.171 e. The second kappa shape index (κ2) is 6.72. The van der Waals surface area contributed by atoms with Gasteiger partial charge in [0.2, 0.25) is 0 Å². The van der Waals surface area contributed by atoms with Crippen molar-refractivity contribution in [3.8, 4) is 11.5 Å². The minimum Gasteiger partial charge on any atom is -0.493 e. The summed E-state index contributed by atoms with van der Waals surface area (Å²) in [6.45, 7) is 0. The summed E-state index contributed by atoms with van der Waals surface area (Å²) in [7, 11) is 3.07. The standard InChI is InChI=1S/C16H14BrFO3/c1-20-14-7-6-10(9-15(14)21-2)8-13(19)16-11(17)4-3-5-12(16)18/h3-7,9H,8H2,1-2H3. The number of benzene rings is 2. The van der Waals surface area contributed by atoms with E-state index >= 15 is 0 Å². The number of hydrogen-bond acceptors (Lipinski definition) is 3. The third kappa shape index (κ3) is 3.42. The molecule has 0 bridgehead atoms. The predicted molar refractivity (Wildman–Crippen MR) is 81.7 cm³/mol. The molecule has 5 heteroatoms. The predicted octanol–water partition coefficient (Wildman–Crippen LogP) is 4.03. The van der Waals surface area contributed by atoms with Gasteiger partial charge in [-0.1, -0.05) is 12.1 Å². The first-order valence-electron chi connectivity index (χ1n) is 6.25. The van der Waals surface area contributed by atoms with Crippen LogP contribution in [0, 0.1) is 5.82 Å². The van der Waals surface area contributed by atoms with Gasteiger partial charge in [-0.3, -0.25) is 4.79 Å². The average Bonchev–Trinajstić information content (AvgIpc) is 2.46. The van der Waals surface area contributed by atoms with Crippen molar-refractivity contribution in [2.24, 2.45) is 0 Å². The van der Waals surface area contributed by atoms with E-state index in [1.807, 2.05) is 0 Å². The van der Waals surface area contributed by atoms with Crippen molar-refractivity contribution < 1.29 is 18.7 Å². The Kier molecular flexibility index (Phi) is 4.96.